The molecule has 0 unspecified atom stereocenters. The molecule has 0 spiro atoms. The summed E-state index contributed by atoms with van der Waals surface area (Å²) in [6, 6.07) is 5.31. The minimum absolute atomic E-state index is 0.0974. The number of nitrogens with one attached hydrogen (secondary N) is 1. The normalized spacial score (nSPS) is 12.4. The number of fused-ring (bicyclic) bond motifs is 1. The summed E-state index contributed by atoms with van der Waals surface area (Å²) in [7, 11) is 0. The highest BCUT2D eigenvalue weighted by Gasteiger charge is 2.14. The Morgan fingerprint density at radius 2 is 2.28 bits per heavy atom. The number of benzene rings is 1. The zero-order valence-electron chi connectivity index (χ0n) is 9.38. The highest BCUT2D eigenvalue weighted by atomic mass is 32.1. The topological polar surface area (TPSA) is 60.5 Å². The third kappa shape index (κ3) is 2.28. The van der Waals surface area contributed by atoms with Crippen LogP contribution in [-0.2, 0) is 11.2 Å². The lowest BCUT2D eigenvalue weighted by Gasteiger charge is -2.05. The first-order chi connectivity index (χ1) is 8.81. The number of hydrogen-bond donors (Lipinski definition) is 1. The van der Waals surface area contributed by atoms with Crippen LogP contribution in [0.2, 0.25) is 0 Å². The Balaban J connectivity index is 1.67. The van der Waals surface area contributed by atoms with Crippen molar-refractivity contribution in [1.82, 2.24) is 4.98 Å². The lowest BCUT2D eigenvalue weighted by Crippen LogP contribution is -2.14. The van der Waals surface area contributed by atoms with Gasteiger partial charge in [0.2, 0.25) is 12.7 Å². The summed E-state index contributed by atoms with van der Waals surface area (Å²) in [5.74, 6) is 1.26. The number of amides is 1. The van der Waals surface area contributed by atoms with Crippen LogP contribution in [0.5, 0.6) is 11.5 Å². The molecule has 18 heavy (non-hydrogen) atoms. The average molecular weight is 262 g/mol. The van der Waals surface area contributed by atoms with Crippen LogP contribution in [0.1, 0.15) is 5.69 Å². The molecule has 1 aromatic heterocycles. The summed E-state index contributed by atoms with van der Waals surface area (Å²) in [6.07, 6.45) is 0.276. The first kappa shape index (κ1) is 11.0. The first-order valence-corrected chi connectivity index (χ1v) is 6.32. The molecule has 1 amide bonds. The van der Waals surface area contributed by atoms with Crippen LogP contribution in [0.15, 0.2) is 29.1 Å². The predicted molar refractivity (Wildman–Crippen MR) is 67.0 cm³/mol. The van der Waals surface area contributed by atoms with E-state index in [-0.39, 0.29) is 19.1 Å². The number of anilines is 1. The molecule has 2 heterocycles. The van der Waals surface area contributed by atoms with E-state index in [0.29, 0.717) is 17.2 Å². The quantitative estimate of drug-likeness (QED) is 0.919. The zero-order chi connectivity index (χ0) is 12.4. The van der Waals surface area contributed by atoms with Crippen molar-refractivity contribution in [1.29, 1.82) is 0 Å². The van der Waals surface area contributed by atoms with Gasteiger partial charge in [-0.3, -0.25) is 4.79 Å². The van der Waals surface area contributed by atoms with Gasteiger partial charge in [-0.15, -0.1) is 11.3 Å². The van der Waals surface area contributed by atoms with Crippen LogP contribution in [0.25, 0.3) is 0 Å². The second-order valence-electron chi connectivity index (χ2n) is 3.77. The van der Waals surface area contributed by atoms with Crippen molar-refractivity contribution < 1.29 is 14.3 Å². The number of hydrogen-bond acceptors (Lipinski definition) is 5. The molecule has 5 nitrogen and oxygen atoms in total. The molecular formula is C12H10N2O3S. The van der Waals surface area contributed by atoms with Crippen LogP contribution in [0.4, 0.5) is 5.69 Å². The summed E-state index contributed by atoms with van der Waals surface area (Å²) in [5, 5.41) is 4.66. The fourth-order valence-electron chi connectivity index (χ4n) is 1.67. The van der Waals surface area contributed by atoms with Crippen molar-refractivity contribution >= 4 is 22.9 Å². The molecule has 1 aromatic carbocycles. The van der Waals surface area contributed by atoms with Gasteiger partial charge in [0.1, 0.15) is 0 Å². The van der Waals surface area contributed by atoms with Crippen LogP contribution in [0, 0.1) is 0 Å². The zero-order valence-corrected chi connectivity index (χ0v) is 10.2. The molecule has 92 valence electrons. The number of nitrogens with zero attached hydrogens (tertiary/aromatic N) is 1. The van der Waals surface area contributed by atoms with Gasteiger partial charge in [0.25, 0.3) is 0 Å². The van der Waals surface area contributed by atoms with Crippen LogP contribution >= 0.6 is 11.3 Å². The van der Waals surface area contributed by atoms with E-state index in [2.05, 4.69) is 10.3 Å². The molecule has 0 bridgehead atoms. The third-order valence-electron chi connectivity index (χ3n) is 2.48. The number of ether oxygens (including phenoxy) is 2. The Kier molecular flexibility index (Phi) is 2.85. The van der Waals surface area contributed by atoms with Gasteiger partial charge in [-0.05, 0) is 12.1 Å². The summed E-state index contributed by atoms with van der Waals surface area (Å²) in [5.41, 5.74) is 3.18. The second-order valence-corrected chi connectivity index (χ2v) is 4.49. The predicted octanol–water partition coefficient (Wildman–Crippen LogP) is 2.05. The van der Waals surface area contributed by atoms with Crippen molar-refractivity contribution in [2.24, 2.45) is 0 Å². The van der Waals surface area contributed by atoms with Gasteiger partial charge in [-0.25, -0.2) is 4.98 Å². The summed E-state index contributed by atoms with van der Waals surface area (Å²) < 4.78 is 10.4. The second kappa shape index (κ2) is 4.66. The molecule has 0 radical (unpaired) electrons. The highest BCUT2D eigenvalue weighted by molar-refractivity contribution is 7.07. The number of carbonyl (C=O) groups is 1. The Bertz CT molecular complexity index is 569. The maximum atomic E-state index is 11.8. The van der Waals surface area contributed by atoms with E-state index in [1.807, 2.05) is 5.38 Å². The largest absolute Gasteiger partial charge is 0.454 e. The molecule has 1 N–H and O–H groups in total. The number of carbonyl (C=O) groups excluding carboxylic acids is 1. The number of thiazole rings is 1. The highest BCUT2D eigenvalue weighted by Crippen LogP contribution is 2.34. The van der Waals surface area contributed by atoms with Crippen LogP contribution in [0.3, 0.4) is 0 Å². The summed E-state index contributed by atoms with van der Waals surface area (Å²) >= 11 is 1.48. The lowest BCUT2D eigenvalue weighted by molar-refractivity contribution is -0.115. The lowest BCUT2D eigenvalue weighted by atomic mass is 10.2. The Morgan fingerprint density at radius 3 is 3.11 bits per heavy atom. The van der Waals surface area contributed by atoms with Crippen molar-refractivity contribution in [2.75, 3.05) is 12.1 Å². The van der Waals surface area contributed by atoms with E-state index in [1.165, 1.54) is 11.3 Å². The standard InChI is InChI=1S/C12H10N2O3S/c15-12(4-9-5-18-6-13-9)14-8-1-2-10-11(3-8)17-7-16-10/h1-3,5-6H,4,7H2,(H,14,15). The van der Waals surface area contributed by atoms with Gasteiger partial charge in [-0.1, -0.05) is 0 Å². The Morgan fingerprint density at radius 1 is 1.39 bits per heavy atom. The van der Waals surface area contributed by atoms with E-state index in [9.17, 15) is 4.79 Å². The fourth-order valence-corrected chi connectivity index (χ4v) is 2.23. The smallest absolute Gasteiger partial charge is 0.231 e. The van der Waals surface area contributed by atoms with Crippen molar-refractivity contribution in [3.05, 3.63) is 34.8 Å². The van der Waals surface area contributed by atoms with Gasteiger partial charge in [0.15, 0.2) is 11.5 Å². The Hall–Kier alpha value is -2.08. The third-order valence-corrected chi connectivity index (χ3v) is 3.12. The van der Waals surface area contributed by atoms with Gasteiger partial charge >= 0.3 is 0 Å². The molecule has 1 aliphatic heterocycles. The molecule has 1 aliphatic rings. The molecular weight excluding hydrogens is 252 g/mol. The van der Waals surface area contributed by atoms with E-state index in [1.54, 1.807) is 23.7 Å². The van der Waals surface area contributed by atoms with Gasteiger partial charge < -0.3 is 14.8 Å². The van der Waals surface area contributed by atoms with Gasteiger partial charge in [-0.2, -0.15) is 0 Å². The van der Waals surface area contributed by atoms with Gasteiger partial charge in [0, 0.05) is 17.1 Å². The molecule has 0 saturated heterocycles. The van der Waals surface area contributed by atoms with Crippen molar-refractivity contribution in [3.8, 4) is 11.5 Å². The molecule has 0 aliphatic carbocycles. The maximum absolute atomic E-state index is 11.8. The SMILES string of the molecule is O=C(Cc1cscn1)Nc1ccc2c(c1)OCO2. The van der Waals surface area contributed by atoms with Crippen molar-refractivity contribution in [3.63, 3.8) is 0 Å². The van der Waals surface area contributed by atoms with E-state index in [0.717, 1.165) is 5.69 Å². The van der Waals surface area contributed by atoms with Crippen LogP contribution < -0.4 is 14.8 Å². The molecule has 0 saturated carbocycles. The minimum atomic E-state index is -0.0974. The molecule has 3 rings (SSSR count). The van der Waals surface area contributed by atoms with E-state index >= 15 is 0 Å². The summed E-state index contributed by atoms with van der Waals surface area (Å²) in [4.78, 5) is 15.8. The molecule has 2 aromatic rings. The first-order valence-electron chi connectivity index (χ1n) is 5.38. The molecule has 0 atom stereocenters. The average Bonchev–Trinajstić information content (AvgIpc) is 2.98. The molecule has 6 heteroatoms. The fraction of sp³-hybridized carbons (Fsp3) is 0.167. The maximum Gasteiger partial charge on any atom is 0.231 e. The number of aromatic nitrogens is 1. The van der Waals surface area contributed by atoms with Crippen molar-refractivity contribution in [2.45, 2.75) is 6.42 Å². The molecule has 0 fully saturated rings. The van der Waals surface area contributed by atoms with Crippen LogP contribution in [-0.4, -0.2) is 17.7 Å². The minimum Gasteiger partial charge on any atom is -0.454 e. The summed E-state index contributed by atoms with van der Waals surface area (Å²) in [6.45, 7) is 0.228. The Labute approximate surface area is 107 Å². The van der Waals surface area contributed by atoms with Gasteiger partial charge in [0.05, 0.1) is 17.6 Å². The monoisotopic (exact) mass is 262 g/mol. The van der Waals surface area contributed by atoms with E-state index < -0.39 is 0 Å². The number of rotatable bonds is 3. The van der Waals surface area contributed by atoms with E-state index in [4.69, 9.17) is 9.47 Å².